The molecule has 2 aromatic rings. The molecule has 1 aliphatic rings. The molecule has 0 radical (unpaired) electrons. The van der Waals surface area contributed by atoms with Gasteiger partial charge in [-0.25, -0.2) is 4.79 Å². The van der Waals surface area contributed by atoms with Gasteiger partial charge in [0.25, 0.3) is 0 Å². The van der Waals surface area contributed by atoms with Crippen molar-refractivity contribution in [2.45, 2.75) is 59.2 Å². The maximum absolute atomic E-state index is 11.9. The molecule has 24 heavy (non-hydrogen) atoms. The molecule has 1 fully saturated rings. The average molecular weight is 326 g/mol. The number of carbonyl (C=O) groups is 1. The molecule has 1 heterocycles. The molecule has 4 heteroatoms. The predicted molar refractivity (Wildman–Crippen MR) is 95.6 cm³/mol. The molecule has 0 amide bonds. The Balaban J connectivity index is 1.91. The Labute approximate surface area is 143 Å². The van der Waals surface area contributed by atoms with Gasteiger partial charge in [0.1, 0.15) is 5.69 Å². The van der Waals surface area contributed by atoms with Crippen LogP contribution in [0.15, 0.2) is 24.3 Å². The standard InChI is InChI=1S/C20H26N2O2/c1-13-7-9-16(10-8-13)12-22-15(3)14(2)18(19(22)20(23)24)11-21-17-5-4-6-17/h7-10,17,21H,4-6,11-12H2,1-3H3,(H,23,24). The van der Waals surface area contributed by atoms with Gasteiger partial charge in [0, 0.05) is 30.4 Å². The second-order valence-electron chi connectivity index (χ2n) is 6.92. The van der Waals surface area contributed by atoms with Crippen molar-refractivity contribution in [3.8, 4) is 0 Å². The molecule has 0 spiro atoms. The lowest BCUT2D eigenvalue weighted by atomic mass is 9.93. The van der Waals surface area contributed by atoms with Crippen LogP contribution >= 0.6 is 0 Å². The van der Waals surface area contributed by atoms with E-state index in [1.165, 1.54) is 24.8 Å². The van der Waals surface area contributed by atoms with E-state index in [4.69, 9.17) is 0 Å². The highest BCUT2D eigenvalue weighted by Gasteiger charge is 2.24. The molecule has 1 aromatic carbocycles. The predicted octanol–water partition coefficient (Wildman–Crippen LogP) is 3.80. The van der Waals surface area contributed by atoms with Crippen molar-refractivity contribution < 1.29 is 9.90 Å². The third-order valence-corrected chi connectivity index (χ3v) is 5.29. The molecular weight excluding hydrogens is 300 g/mol. The molecule has 0 unspecified atom stereocenters. The fourth-order valence-electron chi connectivity index (χ4n) is 3.32. The first-order chi connectivity index (χ1) is 11.5. The maximum atomic E-state index is 11.9. The molecule has 1 saturated carbocycles. The van der Waals surface area contributed by atoms with Gasteiger partial charge in [0.2, 0.25) is 0 Å². The quantitative estimate of drug-likeness (QED) is 0.849. The number of nitrogens with one attached hydrogen (secondary N) is 1. The topological polar surface area (TPSA) is 54.3 Å². The van der Waals surface area contributed by atoms with E-state index in [2.05, 4.69) is 36.5 Å². The van der Waals surface area contributed by atoms with E-state index in [9.17, 15) is 9.90 Å². The SMILES string of the molecule is Cc1ccc(Cn2c(C)c(C)c(CNC3CCC3)c2C(=O)O)cc1. The van der Waals surface area contributed by atoms with E-state index < -0.39 is 5.97 Å². The van der Waals surface area contributed by atoms with Gasteiger partial charge < -0.3 is 15.0 Å². The lowest BCUT2D eigenvalue weighted by Crippen LogP contribution is -2.35. The minimum Gasteiger partial charge on any atom is -0.477 e. The van der Waals surface area contributed by atoms with E-state index in [0.29, 0.717) is 24.8 Å². The molecule has 4 nitrogen and oxygen atoms in total. The summed E-state index contributed by atoms with van der Waals surface area (Å²) in [5.74, 6) is -0.844. The summed E-state index contributed by atoms with van der Waals surface area (Å²) in [5.41, 5.74) is 5.82. The van der Waals surface area contributed by atoms with E-state index in [0.717, 1.165) is 22.4 Å². The number of aromatic nitrogens is 1. The Hall–Kier alpha value is -2.07. The first-order valence-corrected chi connectivity index (χ1v) is 8.68. The molecule has 2 N–H and O–H groups in total. The lowest BCUT2D eigenvalue weighted by Gasteiger charge is -2.26. The summed E-state index contributed by atoms with van der Waals surface area (Å²) < 4.78 is 1.94. The number of hydrogen-bond donors (Lipinski definition) is 2. The Bertz CT molecular complexity index is 740. The molecule has 1 aliphatic carbocycles. The molecule has 128 valence electrons. The van der Waals surface area contributed by atoms with E-state index >= 15 is 0 Å². The second-order valence-corrected chi connectivity index (χ2v) is 6.92. The zero-order chi connectivity index (χ0) is 17.3. The largest absolute Gasteiger partial charge is 0.477 e. The lowest BCUT2D eigenvalue weighted by molar-refractivity contribution is 0.0683. The second kappa shape index (κ2) is 6.81. The van der Waals surface area contributed by atoms with Crippen LogP contribution in [0.25, 0.3) is 0 Å². The van der Waals surface area contributed by atoms with Crippen molar-refractivity contribution in [2.75, 3.05) is 0 Å². The van der Waals surface area contributed by atoms with Crippen molar-refractivity contribution in [1.82, 2.24) is 9.88 Å². The van der Waals surface area contributed by atoms with Crippen LogP contribution in [0.1, 0.15) is 57.7 Å². The van der Waals surface area contributed by atoms with Crippen molar-refractivity contribution in [2.24, 2.45) is 0 Å². The zero-order valence-electron chi connectivity index (χ0n) is 14.7. The van der Waals surface area contributed by atoms with Gasteiger partial charge in [0.05, 0.1) is 0 Å². The molecular formula is C20H26N2O2. The number of nitrogens with zero attached hydrogens (tertiary/aromatic N) is 1. The van der Waals surface area contributed by atoms with E-state index in [1.807, 2.05) is 18.4 Å². The first kappa shape index (κ1) is 16.8. The highest BCUT2D eigenvalue weighted by Crippen LogP contribution is 2.25. The summed E-state index contributed by atoms with van der Waals surface area (Å²) in [6.45, 7) is 7.34. The van der Waals surface area contributed by atoms with Gasteiger partial charge >= 0.3 is 5.97 Å². The highest BCUT2D eigenvalue weighted by molar-refractivity contribution is 5.88. The number of hydrogen-bond acceptors (Lipinski definition) is 2. The van der Waals surface area contributed by atoms with E-state index in [1.54, 1.807) is 0 Å². The number of benzene rings is 1. The van der Waals surface area contributed by atoms with Gasteiger partial charge in [-0.05, 0) is 44.7 Å². The minimum absolute atomic E-state index is 0.428. The minimum atomic E-state index is -0.844. The Morgan fingerprint density at radius 2 is 1.88 bits per heavy atom. The van der Waals surface area contributed by atoms with Gasteiger partial charge in [-0.2, -0.15) is 0 Å². The van der Waals surface area contributed by atoms with Gasteiger partial charge in [-0.1, -0.05) is 36.2 Å². The summed E-state index contributed by atoms with van der Waals surface area (Å²) >= 11 is 0. The normalized spacial score (nSPS) is 14.6. The fraction of sp³-hybridized carbons (Fsp3) is 0.450. The molecule has 0 saturated heterocycles. The van der Waals surface area contributed by atoms with Crippen molar-refractivity contribution in [3.63, 3.8) is 0 Å². The first-order valence-electron chi connectivity index (χ1n) is 8.68. The summed E-state index contributed by atoms with van der Waals surface area (Å²) in [6.07, 6.45) is 3.67. The third kappa shape index (κ3) is 3.24. The number of carboxylic acids is 1. The number of carboxylic acid groups (broad SMARTS) is 1. The van der Waals surface area contributed by atoms with Gasteiger partial charge in [0.15, 0.2) is 0 Å². The molecule has 3 rings (SSSR count). The van der Waals surface area contributed by atoms with Gasteiger partial charge in [-0.3, -0.25) is 0 Å². The Morgan fingerprint density at radius 3 is 2.42 bits per heavy atom. The van der Waals surface area contributed by atoms with Crippen LogP contribution in [-0.2, 0) is 13.1 Å². The third-order valence-electron chi connectivity index (χ3n) is 5.29. The smallest absolute Gasteiger partial charge is 0.352 e. The number of rotatable bonds is 6. The average Bonchev–Trinajstić information content (AvgIpc) is 2.73. The Kier molecular flexibility index (Phi) is 4.76. The summed E-state index contributed by atoms with van der Waals surface area (Å²) in [7, 11) is 0. The zero-order valence-corrected chi connectivity index (χ0v) is 14.7. The number of aryl methyl sites for hydroxylation is 1. The van der Waals surface area contributed by atoms with Crippen LogP contribution in [0.3, 0.4) is 0 Å². The van der Waals surface area contributed by atoms with Crippen LogP contribution in [0.5, 0.6) is 0 Å². The summed E-state index contributed by atoms with van der Waals surface area (Å²) in [4.78, 5) is 11.9. The van der Waals surface area contributed by atoms with Gasteiger partial charge in [-0.15, -0.1) is 0 Å². The Morgan fingerprint density at radius 1 is 1.21 bits per heavy atom. The van der Waals surface area contributed by atoms with Crippen LogP contribution in [0, 0.1) is 20.8 Å². The van der Waals surface area contributed by atoms with Crippen LogP contribution in [0.4, 0.5) is 0 Å². The molecule has 0 atom stereocenters. The monoisotopic (exact) mass is 326 g/mol. The summed E-state index contributed by atoms with van der Waals surface area (Å²) in [6, 6.07) is 8.83. The molecule has 0 aliphatic heterocycles. The van der Waals surface area contributed by atoms with Crippen LogP contribution in [0.2, 0.25) is 0 Å². The molecule has 1 aromatic heterocycles. The highest BCUT2D eigenvalue weighted by atomic mass is 16.4. The fourth-order valence-corrected chi connectivity index (χ4v) is 3.32. The summed E-state index contributed by atoms with van der Waals surface area (Å²) in [5, 5.41) is 13.3. The van der Waals surface area contributed by atoms with Crippen molar-refractivity contribution in [1.29, 1.82) is 0 Å². The van der Waals surface area contributed by atoms with Crippen molar-refractivity contribution in [3.05, 3.63) is 57.9 Å². The van der Waals surface area contributed by atoms with E-state index in [-0.39, 0.29) is 0 Å². The number of aromatic carboxylic acids is 1. The van der Waals surface area contributed by atoms with Crippen LogP contribution < -0.4 is 5.32 Å². The maximum Gasteiger partial charge on any atom is 0.352 e. The van der Waals surface area contributed by atoms with Crippen molar-refractivity contribution >= 4 is 5.97 Å². The van der Waals surface area contributed by atoms with Crippen LogP contribution in [-0.4, -0.2) is 21.7 Å². The molecule has 0 bridgehead atoms.